The number of nitrogens with zero attached hydrogens (tertiary/aromatic N) is 2. The number of hydrogen-bond acceptors (Lipinski definition) is 3. The number of hydrazine groups is 1. The van der Waals surface area contributed by atoms with Gasteiger partial charge in [-0.15, -0.1) is 0 Å². The molecule has 0 radical (unpaired) electrons. The van der Waals surface area contributed by atoms with Crippen molar-refractivity contribution < 1.29 is 13.2 Å². The van der Waals surface area contributed by atoms with Gasteiger partial charge in [0.15, 0.2) is 0 Å². The van der Waals surface area contributed by atoms with Gasteiger partial charge in [-0.1, -0.05) is 0 Å². The molecule has 1 fully saturated rings. The molecule has 7 heteroatoms. The van der Waals surface area contributed by atoms with E-state index >= 15 is 0 Å². The van der Waals surface area contributed by atoms with Crippen LogP contribution in [-0.4, -0.2) is 25.4 Å². The summed E-state index contributed by atoms with van der Waals surface area (Å²) in [7, 11) is 0. The Hall–Kier alpha value is -1.04. The van der Waals surface area contributed by atoms with Crippen molar-refractivity contribution >= 4 is 25.4 Å². The van der Waals surface area contributed by atoms with E-state index in [9.17, 15) is 13.2 Å². The summed E-state index contributed by atoms with van der Waals surface area (Å²) < 4.78 is 39.5. The average Bonchev–Trinajstić information content (AvgIpc) is 3.06. The summed E-state index contributed by atoms with van der Waals surface area (Å²) in [5.74, 6) is 2.03. The van der Waals surface area contributed by atoms with Gasteiger partial charge >= 0.3 is 127 Å². The third kappa shape index (κ3) is 2.82. The average molecular weight is 362 g/mol. The molecule has 114 valence electrons. The molecule has 1 aliphatic heterocycles. The van der Waals surface area contributed by atoms with E-state index < -0.39 is 11.7 Å². The van der Waals surface area contributed by atoms with Crippen LogP contribution in [0, 0.1) is 0 Å². The predicted octanol–water partition coefficient (Wildman–Crippen LogP) is 3.41. The zero-order valence-corrected chi connectivity index (χ0v) is 13.3. The van der Waals surface area contributed by atoms with Crippen LogP contribution in [0.4, 0.5) is 18.9 Å². The molecular formula is C14H16F3N3Se. The predicted molar refractivity (Wildman–Crippen MR) is 77.3 cm³/mol. The Bertz CT molecular complexity index is 565. The third-order valence-electron chi connectivity index (χ3n) is 3.87. The summed E-state index contributed by atoms with van der Waals surface area (Å²) in [4.78, 5) is 4.77. The van der Waals surface area contributed by atoms with Crippen molar-refractivity contribution in [2.24, 2.45) is 4.99 Å². The molecule has 1 aromatic carbocycles. The van der Waals surface area contributed by atoms with E-state index in [1.54, 1.807) is 11.1 Å². The number of hydrogen-bond donors (Lipinski definition) is 1. The number of alkyl halides is 3. The van der Waals surface area contributed by atoms with E-state index in [2.05, 4.69) is 5.43 Å². The molecule has 1 saturated carbocycles. The third-order valence-corrected chi connectivity index (χ3v) is 5.21. The van der Waals surface area contributed by atoms with E-state index in [1.165, 1.54) is 12.1 Å². The number of halogens is 3. The van der Waals surface area contributed by atoms with Crippen LogP contribution in [-0.2, 0) is 6.18 Å². The van der Waals surface area contributed by atoms with Crippen LogP contribution in [0.5, 0.6) is 0 Å². The first-order valence-electron chi connectivity index (χ1n) is 6.83. The van der Waals surface area contributed by atoms with Crippen LogP contribution in [0.25, 0.3) is 0 Å². The standard InChI is InChI=1S/C14H16F3N3Se/c1-21-12-18-13(7-2-3-8-13)19-20(12)11-6-4-5-10(9-11)14(15,16)17/h4-6,9,19H,2-3,7-8H2,1H3. The fourth-order valence-corrected chi connectivity index (χ4v) is 4.09. The number of rotatable bonds is 2. The number of amidine groups is 1. The van der Waals surface area contributed by atoms with E-state index in [0.29, 0.717) is 5.69 Å². The molecule has 2 aliphatic rings. The Morgan fingerprint density at radius 3 is 2.62 bits per heavy atom. The van der Waals surface area contributed by atoms with E-state index in [4.69, 9.17) is 4.99 Å². The number of aliphatic imine (C=N–C) groups is 1. The van der Waals surface area contributed by atoms with Crippen molar-refractivity contribution in [2.45, 2.75) is 43.3 Å². The fourth-order valence-electron chi connectivity index (χ4n) is 2.83. The molecule has 0 unspecified atom stereocenters. The first kappa shape index (κ1) is 14.9. The molecular weight excluding hydrogens is 346 g/mol. The molecule has 0 bridgehead atoms. The van der Waals surface area contributed by atoms with Gasteiger partial charge in [0.25, 0.3) is 0 Å². The topological polar surface area (TPSA) is 27.6 Å². The van der Waals surface area contributed by atoms with Crippen LogP contribution in [0.15, 0.2) is 29.3 Å². The van der Waals surface area contributed by atoms with Crippen molar-refractivity contribution in [3.8, 4) is 0 Å². The molecule has 1 aromatic rings. The van der Waals surface area contributed by atoms with Gasteiger partial charge in [0.1, 0.15) is 0 Å². The summed E-state index contributed by atoms with van der Waals surface area (Å²) in [6, 6.07) is 5.41. The summed E-state index contributed by atoms with van der Waals surface area (Å²) in [5, 5.41) is 1.75. The number of nitrogens with one attached hydrogen (secondary N) is 1. The van der Waals surface area contributed by atoms with Crippen LogP contribution >= 0.6 is 0 Å². The van der Waals surface area contributed by atoms with Crippen molar-refractivity contribution in [3.05, 3.63) is 29.8 Å². The summed E-state index contributed by atoms with van der Waals surface area (Å²) in [6.07, 6.45) is -0.215. The second-order valence-corrected chi connectivity index (χ2v) is 6.96. The Balaban J connectivity index is 1.92. The number of anilines is 1. The first-order chi connectivity index (χ1) is 9.93. The van der Waals surface area contributed by atoms with E-state index in [0.717, 1.165) is 36.5 Å². The zero-order chi connectivity index (χ0) is 15.1. The van der Waals surface area contributed by atoms with Gasteiger partial charge in [-0.25, -0.2) is 0 Å². The molecule has 0 atom stereocenters. The van der Waals surface area contributed by atoms with Crippen molar-refractivity contribution in [1.82, 2.24) is 5.43 Å². The normalized spacial score (nSPS) is 21.1. The van der Waals surface area contributed by atoms with E-state index in [1.807, 2.05) is 5.82 Å². The molecule has 3 nitrogen and oxygen atoms in total. The Morgan fingerprint density at radius 2 is 2.00 bits per heavy atom. The molecule has 3 rings (SSSR count). The molecule has 1 aliphatic carbocycles. The summed E-state index contributed by atoms with van der Waals surface area (Å²) >= 11 is 0.118. The van der Waals surface area contributed by atoms with Crippen LogP contribution in [0.2, 0.25) is 5.82 Å². The Labute approximate surface area is 127 Å². The van der Waals surface area contributed by atoms with Crippen LogP contribution in [0.3, 0.4) is 0 Å². The molecule has 0 aromatic heterocycles. The van der Waals surface area contributed by atoms with Gasteiger partial charge in [0, 0.05) is 0 Å². The Kier molecular flexibility index (Phi) is 3.76. The first-order valence-corrected chi connectivity index (χ1v) is 9.40. The van der Waals surface area contributed by atoms with E-state index in [-0.39, 0.29) is 20.6 Å². The van der Waals surface area contributed by atoms with Crippen molar-refractivity contribution in [1.29, 1.82) is 0 Å². The SMILES string of the molecule is C[Se]C1=NC2(CCCC2)NN1c1cccc(C(F)(F)F)c1. The van der Waals surface area contributed by atoms with Gasteiger partial charge in [-0.05, 0) is 0 Å². The van der Waals surface area contributed by atoms with Gasteiger partial charge in [-0.2, -0.15) is 0 Å². The van der Waals surface area contributed by atoms with Crippen molar-refractivity contribution in [3.63, 3.8) is 0 Å². The molecule has 1 heterocycles. The second-order valence-electron chi connectivity index (χ2n) is 5.33. The molecule has 21 heavy (non-hydrogen) atoms. The minimum atomic E-state index is -4.32. The van der Waals surface area contributed by atoms with Crippen molar-refractivity contribution in [2.75, 3.05) is 5.01 Å². The Morgan fingerprint density at radius 1 is 1.29 bits per heavy atom. The van der Waals surface area contributed by atoms with Gasteiger partial charge in [-0.3, -0.25) is 0 Å². The monoisotopic (exact) mass is 363 g/mol. The summed E-state index contributed by atoms with van der Waals surface area (Å²) in [5.41, 5.74) is 2.93. The second kappa shape index (κ2) is 5.30. The molecule has 0 saturated heterocycles. The quantitative estimate of drug-likeness (QED) is 0.817. The van der Waals surface area contributed by atoms with Crippen LogP contribution < -0.4 is 10.4 Å². The van der Waals surface area contributed by atoms with Gasteiger partial charge in [0.05, 0.1) is 0 Å². The maximum atomic E-state index is 12.9. The summed E-state index contributed by atoms with van der Waals surface area (Å²) in [6.45, 7) is 0. The fraction of sp³-hybridized carbons (Fsp3) is 0.500. The zero-order valence-electron chi connectivity index (χ0n) is 11.6. The van der Waals surface area contributed by atoms with Crippen LogP contribution in [0.1, 0.15) is 31.2 Å². The minimum absolute atomic E-state index is 0.118. The molecule has 1 N–H and O–H groups in total. The number of benzene rings is 1. The van der Waals surface area contributed by atoms with Gasteiger partial charge < -0.3 is 0 Å². The molecule has 0 amide bonds. The van der Waals surface area contributed by atoms with Gasteiger partial charge in [0.2, 0.25) is 0 Å². The molecule has 1 spiro atoms. The maximum absolute atomic E-state index is 12.9.